The lowest BCUT2D eigenvalue weighted by molar-refractivity contribution is 0.623. The van der Waals surface area contributed by atoms with Crippen molar-refractivity contribution in [3.8, 4) is 11.1 Å². The third kappa shape index (κ3) is 2.99. The van der Waals surface area contributed by atoms with Crippen LogP contribution in [-0.4, -0.2) is 6.04 Å². The molecule has 0 radical (unpaired) electrons. The van der Waals surface area contributed by atoms with Gasteiger partial charge in [-0.2, -0.15) is 0 Å². The third-order valence-electron chi connectivity index (χ3n) is 3.37. The molecule has 0 saturated heterocycles. The Hall–Kier alpha value is -1.74. The van der Waals surface area contributed by atoms with Crippen LogP contribution >= 0.6 is 0 Å². The lowest BCUT2D eigenvalue weighted by Crippen LogP contribution is -2.15. The Labute approximate surface area is 111 Å². The van der Waals surface area contributed by atoms with E-state index in [1.54, 1.807) is 18.2 Å². The predicted octanol–water partition coefficient (Wildman–Crippen LogP) is 3.88. The highest BCUT2D eigenvalue weighted by molar-refractivity contribution is 5.67. The molecule has 0 unspecified atom stereocenters. The first kappa shape index (κ1) is 12.3. The number of benzene rings is 2. The zero-order valence-electron chi connectivity index (χ0n) is 10.5. The fourth-order valence-corrected chi connectivity index (χ4v) is 2.17. The number of halogens is 2. The molecule has 1 fully saturated rings. The second-order valence-corrected chi connectivity index (χ2v) is 4.97. The average molecular weight is 259 g/mol. The molecule has 0 bridgehead atoms. The SMILES string of the molecule is Fc1cccc(-c2cc(F)ccc2CNC2CC2)c1. The number of hydrogen-bond donors (Lipinski definition) is 1. The summed E-state index contributed by atoms with van der Waals surface area (Å²) in [4.78, 5) is 0. The van der Waals surface area contributed by atoms with E-state index in [0.717, 1.165) is 11.1 Å². The summed E-state index contributed by atoms with van der Waals surface area (Å²) in [5.41, 5.74) is 2.47. The molecule has 19 heavy (non-hydrogen) atoms. The van der Waals surface area contributed by atoms with E-state index in [1.807, 2.05) is 0 Å². The minimum atomic E-state index is -0.303. The van der Waals surface area contributed by atoms with Crippen molar-refractivity contribution >= 4 is 0 Å². The quantitative estimate of drug-likeness (QED) is 0.878. The van der Waals surface area contributed by atoms with Crippen molar-refractivity contribution in [1.82, 2.24) is 5.32 Å². The summed E-state index contributed by atoms with van der Waals surface area (Å²) < 4.78 is 26.7. The zero-order chi connectivity index (χ0) is 13.2. The van der Waals surface area contributed by atoms with Crippen LogP contribution in [0.4, 0.5) is 8.78 Å². The summed E-state index contributed by atoms with van der Waals surface area (Å²) in [5, 5.41) is 3.40. The Balaban J connectivity index is 1.94. The molecule has 1 nitrogen and oxygen atoms in total. The fraction of sp³-hybridized carbons (Fsp3) is 0.250. The molecule has 0 aromatic heterocycles. The van der Waals surface area contributed by atoms with Crippen molar-refractivity contribution in [2.75, 3.05) is 0 Å². The summed E-state index contributed by atoms with van der Waals surface area (Å²) in [6.45, 7) is 0.691. The maximum absolute atomic E-state index is 13.4. The smallest absolute Gasteiger partial charge is 0.123 e. The Morgan fingerprint density at radius 2 is 1.79 bits per heavy atom. The molecule has 0 heterocycles. The largest absolute Gasteiger partial charge is 0.310 e. The molecule has 2 aromatic carbocycles. The standard InChI is InChI=1S/C16H15F2N/c17-13-3-1-2-11(8-13)16-9-14(18)5-4-12(16)10-19-15-6-7-15/h1-5,8-9,15,19H,6-7,10H2. The molecule has 1 aliphatic rings. The first-order valence-corrected chi connectivity index (χ1v) is 6.50. The van der Waals surface area contributed by atoms with Crippen LogP contribution in [0.5, 0.6) is 0 Å². The first-order chi connectivity index (χ1) is 9.22. The Morgan fingerprint density at radius 1 is 1.00 bits per heavy atom. The second kappa shape index (κ2) is 5.10. The molecule has 3 heteroatoms. The third-order valence-corrected chi connectivity index (χ3v) is 3.37. The Bertz CT molecular complexity index is 591. The molecule has 0 atom stereocenters. The van der Waals surface area contributed by atoms with Gasteiger partial charge in [-0.05, 0) is 53.8 Å². The molecule has 2 aromatic rings. The maximum atomic E-state index is 13.4. The summed E-state index contributed by atoms with van der Waals surface area (Å²) in [5.74, 6) is -0.600. The maximum Gasteiger partial charge on any atom is 0.123 e. The monoisotopic (exact) mass is 259 g/mol. The molecule has 1 aliphatic carbocycles. The minimum absolute atomic E-state index is 0.297. The fourth-order valence-electron chi connectivity index (χ4n) is 2.17. The summed E-state index contributed by atoms with van der Waals surface area (Å²) in [6, 6.07) is 11.6. The van der Waals surface area contributed by atoms with E-state index in [1.165, 1.54) is 37.1 Å². The van der Waals surface area contributed by atoms with Crippen molar-refractivity contribution in [2.24, 2.45) is 0 Å². The molecule has 1 saturated carbocycles. The lowest BCUT2D eigenvalue weighted by Gasteiger charge is -2.11. The van der Waals surface area contributed by atoms with Crippen molar-refractivity contribution in [3.05, 3.63) is 59.7 Å². The van der Waals surface area contributed by atoms with Crippen LogP contribution in [0, 0.1) is 11.6 Å². The minimum Gasteiger partial charge on any atom is -0.310 e. The van der Waals surface area contributed by atoms with Crippen LogP contribution < -0.4 is 5.32 Å². The van der Waals surface area contributed by atoms with Gasteiger partial charge in [0, 0.05) is 12.6 Å². The van der Waals surface area contributed by atoms with Gasteiger partial charge in [0.1, 0.15) is 11.6 Å². The van der Waals surface area contributed by atoms with Gasteiger partial charge in [0.25, 0.3) is 0 Å². The Kier molecular flexibility index (Phi) is 3.30. The highest BCUT2D eigenvalue weighted by atomic mass is 19.1. The molecular formula is C16H15F2N. The van der Waals surface area contributed by atoms with Crippen LogP contribution in [-0.2, 0) is 6.54 Å². The van der Waals surface area contributed by atoms with Gasteiger partial charge in [0.05, 0.1) is 0 Å². The van der Waals surface area contributed by atoms with Gasteiger partial charge in [0.15, 0.2) is 0 Å². The average Bonchev–Trinajstić information content (AvgIpc) is 3.21. The van der Waals surface area contributed by atoms with Crippen LogP contribution in [0.3, 0.4) is 0 Å². The van der Waals surface area contributed by atoms with E-state index in [0.29, 0.717) is 18.2 Å². The van der Waals surface area contributed by atoms with Gasteiger partial charge in [-0.25, -0.2) is 8.78 Å². The highest BCUT2D eigenvalue weighted by Crippen LogP contribution is 2.27. The predicted molar refractivity (Wildman–Crippen MR) is 71.7 cm³/mol. The van der Waals surface area contributed by atoms with Crippen LogP contribution in [0.1, 0.15) is 18.4 Å². The number of nitrogens with one attached hydrogen (secondary N) is 1. The topological polar surface area (TPSA) is 12.0 Å². The molecule has 0 spiro atoms. The number of hydrogen-bond acceptors (Lipinski definition) is 1. The van der Waals surface area contributed by atoms with Crippen LogP contribution in [0.15, 0.2) is 42.5 Å². The van der Waals surface area contributed by atoms with Crippen LogP contribution in [0.25, 0.3) is 11.1 Å². The molecule has 0 amide bonds. The highest BCUT2D eigenvalue weighted by Gasteiger charge is 2.20. The van der Waals surface area contributed by atoms with Crippen molar-refractivity contribution in [3.63, 3.8) is 0 Å². The van der Waals surface area contributed by atoms with Crippen molar-refractivity contribution < 1.29 is 8.78 Å². The molecule has 98 valence electrons. The normalized spacial score (nSPS) is 14.6. The van der Waals surface area contributed by atoms with E-state index in [2.05, 4.69) is 5.32 Å². The van der Waals surface area contributed by atoms with Gasteiger partial charge >= 0.3 is 0 Å². The van der Waals surface area contributed by atoms with E-state index in [9.17, 15) is 8.78 Å². The van der Waals surface area contributed by atoms with Crippen molar-refractivity contribution in [1.29, 1.82) is 0 Å². The molecule has 3 rings (SSSR count). The molecule has 1 N–H and O–H groups in total. The summed E-state index contributed by atoms with van der Waals surface area (Å²) >= 11 is 0. The number of rotatable bonds is 4. The van der Waals surface area contributed by atoms with Gasteiger partial charge in [-0.1, -0.05) is 18.2 Å². The van der Waals surface area contributed by atoms with Gasteiger partial charge < -0.3 is 5.32 Å². The molecule has 0 aliphatic heterocycles. The van der Waals surface area contributed by atoms with Gasteiger partial charge in [-0.3, -0.25) is 0 Å². The van der Waals surface area contributed by atoms with Crippen molar-refractivity contribution in [2.45, 2.75) is 25.4 Å². The van der Waals surface area contributed by atoms with E-state index in [-0.39, 0.29) is 11.6 Å². The van der Waals surface area contributed by atoms with Gasteiger partial charge in [0.2, 0.25) is 0 Å². The lowest BCUT2D eigenvalue weighted by atomic mass is 9.99. The van der Waals surface area contributed by atoms with E-state index in [4.69, 9.17) is 0 Å². The summed E-state index contributed by atoms with van der Waals surface area (Å²) in [6.07, 6.45) is 2.41. The second-order valence-electron chi connectivity index (χ2n) is 4.97. The van der Waals surface area contributed by atoms with E-state index >= 15 is 0 Å². The van der Waals surface area contributed by atoms with E-state index < -0.39 is 0 Å². The first-order valence-electron chi connectivity index (χ1n) is 6.50. The Morgan fingerprint density at radius 3 is 2.53 bits per heavy atom. The molecular weight excluding hydrogens is 244 g/mol. The zero-order valence-corrected chi connectivity index (χ0v) is 10.5. The van der Waals surface area contributed by atoms with Crippen LogP contribution in [0.2, 0.25) is 0 Å². The van der Waals surface area contributed by atoms with Gasteiger partial charge in [-0.15, -0.1) is 0 Å². The summed E-state index contributed by atoms with van der Waals surface area (Å²) in [7, 11) is 0.